The van der Waals surface area contributed by atoms with E-state index in [1.807, 2.05) is 60.9 Å². The lowest BCUT2D eigenvalue weighted by Crippen LogP contribution is -2.15. The second-order valence-electron chi connectivity index (χ2n) is 6.50. The number of benzene rings is 1. The molecule has 29 heavy (non-hydrogen) atoms. The van der Waals surface area contributed by atoms with Gasteiger partial charge in [-0.25, -0.2) is 0 Å². The third kappa shape index (κ3) is 4.24. The summed E-state index contributed by atoms with van der Waals surface area (Å²) in [5, 5.41) is 19.1. The summed E-state index contributed by atoms with van der Waals surface area (Å²) in [6, 6.07) is 13.7. The molecule has 0 spiro atoms. The van der Waals surface area contributed by atoms with Crippen LogP contribution >= 0.6 is 11.8 Å². The van der Waals surface area contributed by atoms with Crippen LogP contribution in [0.1, 0.15) is 17.0 Å². The van der Waals surface area contributed by atoms with E-state index in [1.54, 1.807) is 6.26 Å². The number of aryl methyl sites for hydroxylation is 2. The zero-order valence-electron chi connectivity index (χ0n) is 16.0. The van der Waals surface area contributed by atoms with Crippen LogP contribution in [0.2, 0.25) is 0 Å². The summed E-state index contributed by atoms with van der Waals surface area (Å²) < 4.78 is 7.47. The van der Waals surface area contributed by atoms with Crippen molar-refractivity contribution in [3.8, 4) is 11.6 Å². The van der Waals surface area contributed by atoms with Crippen LogP contribution in [0.25, 0.3) is 11.6 Å². The number of carbonyl (C=O) groups is 1. The highest BCUT2D eigenvalue weighted by molar-refractivity contribution is 7.99. The van der Waals surface area contributed by atoms with Crippen LogP contribution in [-0.2, 0) is 11.3 Å². The molecular formula is C20H20N6O2S. The van der Waals surface area contributed by atoms with Gasteiger partial charge < -0.3 is 9.73 Å². The highest BCUT2D eigenvalue weighted by Gasteiger charge is 2.18. The van der Waals surface area contributed by atoms with E-state index in [-0.39, 0.29) is 11.7 Å². The van der Waals surface area contributed by atoms with Crippen LogP contribution in [0.4, 0.5) is 5.69 Å². The molecule has 0 aliphatic heterocycles. The molecule has 0 saturated carbocycles. The molecule has 0 aliphatic carbocycles. The zero-order chi connectivity index (χ0) is 20.2. The molecule has 4 aromatic rings. The van der Waals surface area contributed by atoms with Gasteiger partial charge in [0.15, 0.2) is 10.9 Å². The summed E-state index contributed by atoms with van der Waals surface area (Å²) in [5.74, 6) is 1.34. The van der Waals surface area contributed by atoms with Crippen LogP contribution < -0.4 is 5.32 Å². The fraction of sp³-hybridized carbons (Fsp3) is 0.200. The van der Waals surface area contributed by atoms with Gasteiger partial charge in [0.2, 0.25) is 11.7 Å². The van der Waals surface area contributed by atoms with Gasteiger partial charge in [-0.1, -0.05) is 42.1 Å². The van der Waals surface area contributed by atoms with Crippen molar-refractivity contribution in [1.82, 2.24) is 25.0 Å². The Morgan fingerprint density at radius 1 is 1.17 bits per heavy atom. The van der Waals surface area contributed by atoms with Crippen molar-refractivity contribution in [2.45, 2.75) is 25.5 Å². The highest BCUT2D eigenvalue weighted by Crippen LogP contribution is 2.26. The highest BCUT2D eigenvalue weighted by atomic mass is 32.2. The smallest absolute Gasteiger partial charge is 0.234 e. The molecule has 0 aliphatic rings. The fourth-order valence-corrected chi connectivity index (χ4v) is 3.67. The summed E-state index contributed by atoms with van der Waals surface area (Å²) >= 11 is 1.33. The molecule has 148 valence electrons. The minimum atomic E-state index is -0.128. The van der Waals surface area contributed by atoms with Gasteiger partial charge in [-0.2, -0.15) is 5.10 Å². The van der Waals surface area contributed by atoms with Crippen molar-refractivity contribution < 1.29 is 9.21 Å². The quantitative estimate of drug-likeness (QED) is 0.453. The Bertz CT molecular complexity index is 1080. The lowest BCUT2D eigenvalue weighted by Gasteiger charge is -2.09. The van der Waals surface area contributed by atoms with Gasteiger partial charge in [0, 0.05) is 0 Å². The third-order valence-corrected chi connectivity index (χ3v) is 5.33. The summed E-state index contributed by atoms with van der Waals surface area (Å²) in [5.41, 5.74) is 3.41. The van der Waals surface area contributed by atoms with Gasteiger partial charge in [0.25, 0.3) is 0 Å². The minimum absolute atomic E-state index is 0.128. The van der Waals surface area contributed by atoms with E-state index >= 15 is 0 Å². The van der Waals surface area contributed by atoms with Crippen LogP contribution in [0, 0.1) is 13.8 Å². The average Bonchev–Trinajstić information content (AvgIpc) is 3.45. The first-order valence-corrected chi connectivity index (χ1v) is 10.1. The van der Waals surface area contributed by atoms with Gasteiger partial charge in [-0.15, -0.1) is 10.2 Å². The predicted molar refractivity (Wildman–Crippen MR) is 111 cm³/mol. The van der Waals surface area contributed by atoms with E-state index < -0.39 is 0 Å². The number of aromatic nitrogens is 5. The topological polar surface area (TPSA) is 102 Å². The number of hydrogen-bond acceptors (Lipinski definition) is 6. The van der Waals surface area contributed by atoms with E-state index in [4.69, 9.17) is 4.42 Å². The lowest BCUT2D eigenvalue weighted by molar-refractivity contribution is -0.113. The summed E-state index contributed by atoms with van der Waals surface area (Å²) in [7, 11) is 0. The Kier molecular flexibility index (Phi) is 5.48. The molecule has 1 amide bonds. The zero-order valence-corrected chi connectivity index (χ0v) is 16.9. The number of nitrogens with zero attached hydrogens (tertiary/aromatic N) is 4. The van der Waals surface area contributed by atoms with E-state index in [0.717, 1.165) is 22.6 Å². The number of H-pyrrole nitrogens is 1. The Hall–Kier alpha value is -3.33. The van der Waals surface area contributed by atoms with Gasteiger partial charge >= 0.3 is 0 Å². The predicted octanol–water partition coefficient (Wildman–Crippen LogP) is 3.66. The van der Waals surface area contributed by atoms with E-state index in [1.165, 1.54) is 11.8 Å². The van der Waals surface area contributed by atoms with E-state index in [9.17, 15) is 4.79 Å². The Morgan fingerprint density at radius 3 is 2.69 bits per heavy atom. The number of anilines is 1. The fourth-order valence-electron chi connectivity index (χ4n) is 2.93. The van der Waals surface area contributed by atoms with E-state index in [2.05, 4.69) is 25.7 Å². The normalized spacial score (nSPS) is 11.0. The Morgan fingerprint density at radius 2 is 2.00 bits per heavy atom. The van der Waals surface area contributed by atoms with E-state index in [0.29, 0.717) is 23.3 Å². The molecule has 0 unspecified atom stereocenters. The molecule has 2 N–H and O–H groups in total. The average molecular weight is 408 g/mol. The number of aromatic amines is 1. The third-order valence-electron chi connectivity index (χ3n) is 4.37. The van der Waals surface area contributed by atoms with Crippen molar-refractivity contribution in [2.75, 3.05) is 11.1 Å². The van der Waals surface area contributed by atoms with Crippen molar-refractivity contribution in [2.24, 2.45) is 0 Å². The van der Waals surface area contributed by atoms with Crippen molar-refractivity contribution in [3.63, 3.8) is 0 Å². The molecule has 0 radical (unpaired) electrons. The minimum Gasteiger partial charge on any atom is -0.461 e. The molecule has 0 saturated heterocycles. The molecule has 4 rings (SSSR count). The Labute approximate surface area is 171 Å². The molecule has 0 fully saturated rings. The number of carbonyl (C=O) groups excluding carboxylic acids is 1. The SMILES string of the molecule is Cc1n[nH]c(C)c1NC(=O)CSc1nnc(-c2ccco2)n1Cc1ccccc1. The number of hydrogen-bond donors (Lipinski definition) is 2. The molecule has 8 nitrogen and oxygen atoms in total. The molecular weight excluding hydrogens is 388 g/mol. The van der Waals surface area contributed by atoms with Crippen LogP contribution in [0.15, 0.2) is 58.3 Å². The molecule has 9 heteroatoms. The van der Waals surface area contributed by atoms with Crippen molar-refractivity contribution >= 4 is 23.4 Å². The molecule has 0 atom stereocenters. The summed E-state index contributed by atoms with van der Waals surface area (Å²) in [6.45, 7) is 4.29. The summed E-state index contributed by atoms with van der Waals surface area (Å²) in [4.78, 5) is 12.4. The maximum Gasteiger partial charge on any atom is 0.234 e. The maximum absolute atomic E-state index is 12.4. The maximum atomic E-state index is 12.4. The molecule has 1 aromatic carbocycles. The standard InChI is InChI=1S/C20H20N6O2S/c1-13-18(14(2)23-22-13)21-17(27)12-29-20-25-24-19(16-9-6-10-28-16)26(20)11-15-7-4-3-5-8-15/h3-10H,11-12H2,1-2H3,(H,21,27)(H,22,23). The molecule has 3 heterocycles. The monoisotopic (exact) mass is 408 g/mol. The van der Waals surface area contributed by atoms with Crippen molar-refractivity contribution in [1.29, 1.82) is 0 Å². The first kappa shape index (κ1) is 19.0. The first-order valence-electron chi connectivity index (χ1n) is 9.07. The number of rotatable bonds is 7. The number of furan rings is 1. The number of amides is 1. The second kappa shape index (κ2) is 8.36. The number of thioether (sulfide) groups is 1. The number of nitrogens with one attached hydrogen (secondary N) is 2. The van der Waals surface area contributed by atoms with Gasteiger partial charge in [0.05, 0.1) is 35.6 Å². The lowest BCUT2D eigenvalue weighted by atomic mass is 10.2. The molecule has 0 bridgehead atoms. The van der Waals surface area contributed by atoms with Crippen molar-refractivity contribution in [3.05, 3.63) is 65.7 Å². The summed E-state index contributed by atoms with van der Waals surface area (Å²) in [6.07, 6.45) is 1.60. The van der Waals surface area contributed by atoms with Crippen LogP contribution in [0.3, 0.4) is 0 Å². The first-order chi connectivity index (χ1) is 14.1. The van der Waals surface area contributed by atoms with Crippen LogP contribution in [-0.4, -0.2) is 36.6 Å². The van der Waals surface area contributed by atoms with Gasteiger partial charge in [-0.05, 0) is 31.5 Å². The van der Waals surface area contributed by atoms with Gasteiger partial charge in [0.1, 0.15) is 0 Å². The second-order valence-corrected chi connectivity index (χ2v) is 7.44. The van der Waals surface area contributed by atoms with Crippen LogP contribution in [0.5, 0.6) is 0 Å². The Balaban J connectivity index is 1.53. The largest absolute Gasteiger partial charge is 0.461 e. The molecule has 3 aromatic heterocycles. The van der Waals surface area contributed by atoms with Gasteiger partial charge in [-0.3, -0.25) is 14.5 Å².